The predicted molar refractivity (Wildman–Crippen MR) is 85.7 cm³/mol. The maximum atomic E-state index is 12.4. The third-order valence-electron chi connectivity index (χ3n) is 3.21. The third kappa shape index (κ3) is 2.77. The van der Waals surface area contributed by atoms with Crippen molar-refractivity contribution < 1.29 is 12.6 Å². The maximum Gasteiger partial charge on any atom is 0.339 e. The molecule has 0 amide bonds. The van der Waals surface area contributed by atoms with Crippen molar-refractivity contribution >= 4 is 32.6 Å². The first kappa shape index (κ1) is 14.8. The number of fused-ring (bicyclic) bond motifs is 1. The molecule has 112 valence electrons. The minimum atomic E-state index is -3.94. The van der Waals surface area contributed by atoms with Gasteiger partial charge in [0.05, 0.1) is 0 Å². The number of hydrogen-bond acceptors (Lipinski definition) is 4. The zero-order chi connectivity index (χ0) is 15.7. The average Bonchev–Trinajstić information content (AvgIpc) is 2.50. The van der Waals surface area contributed by atoms with Crippen LogP contribution in [0.5, 0.6) is 5.75 Å². The molecule has 0 saturated heterocycles. The van der Waals surface area contributed by atoms with Crippen molar-refractivity contribution in [3.05, 3.63) is 65.3 Å². The Labute approximate surface area is 133 Å². The van der Waals surface area contributed by atoms with Crippen LogP contribution in [0.1, 0.15) is 5.56 Å². The van der Waals surface area contributed by atoms with E-state index in [0.717, 1.165) is 5.39 Å². The van der Waals surface area contributed by atoms with Gasteiger partial charge in [-0.1, -0.05) is 29.8 Å². The largest absolute Gasteiger partial charge is 0.377 e. The van der Waals surface area contributed by atoms with Crippen molar-refractivity contribution in [3.8, 4) is 5.75 Å². The molecular formula is C16H12ClNO3S. The molecule has 0 aliphatic heterocycles. The molecular weight excluding hydrogens is 322 g/mol. The molecule has 0 fully saturated rings. The molecule has 3 rings (SSSR count). The topological polar surface area (TPSA) is 56.3 Å². The molecule has 0 N–H and O–H groups in total. The zero-order valence-electron chi connectivity index (χ0n) is 11.7. The molecule has 0 aliphatic carbocycles. The summed E-state index contributed by atoms with van der Waals surface area (Å²) in [6, 6.07) is 13.2. The monoisotopic (exact) mass is 333 g/mol. The van der Waals surface area contributed by atoms with E-state index in [9.17, 15) is 8.42 Å². The number of rotatable bonds is 3. The summed E-state index contributed by atoms with van der Waals surface area (Å²) in [6.07, 6.45) is 1.59. The normalized spacial score (nSPS) is 11.5. The van der Waals surface area contributed by atoms with Crippen LogP contribution in [0.3, 0.4) is 0 Å². The summed E-state index contributed by atoms with van der Waals surface area (Å²) in [5, 5.41) is 1.31. The Bertz CT molecular complexity index is 949. The maximum absolute atomic E-state index is 12.4. The Morgan fingerprint density at radius 1 is 1.09 bits per heavy atom. The Kier molecular flexibility index (Phi) is 3.76. The molecule has 0 aliphatic rings. The number of aromatic nitrogens is 1. The van der Waals surface area contributed by atoms with E-state index >= 15 is 0 Å². The van der Waals surface area contributed by atoms with Crippen LogP contribution in [0, 0.1) is 6.92 Å². The molecule has 0 unspecified atom stereocenters. The van der Waals surface area contributed by atoms with Crippen molar-refractivity contribution in [3.63, 3.8) is 0 Å². The molecule has 0 spiro atoms. The lowest BCUT2D eigenvalue weighted by atomic mass is 10.2. The predicted octanol–water partition coefficient (Wildman–Crippen LogP) is 3.96. The number of pyridine rings is 1. The van der Waals surface area contributed by atoms with Crippen molar-refractivity contribution in [2.24, 2.45) is 0 Å². The standard InChI is InChI=1S/C16H12ClNO3S/c1-11-10-13(7-8-14(11)17)22(19,20)21-15-6-2-4-12-5-3-9-18-16(12)15/h2-10H,1H3. The van der Waals surface area contributed by atoms with Crippen LogP contribution in [0.4, 0.5) is 0 Å². The fourth-order valence-corrected chi connectivity index (χ4v) is 3.22. The van der Waals surface area contributed by atoms with Crippen LogP contribution in [0.25, 0.3) is 10.9 Å². The van der Waals surface area contributed by atoms with Crippen molar-refractivity contribution in [1.29, 1.82) is 0 Å². The van der Waals surface area contributed by atoms with Crippen LogP contribution < -0.4 is 4.18 Å². The highest BCUT2D eigenvalue weighted by Gasteiger charge is 2.19. The third-order valence-corrected chi connectivity index (χ3v) is 4.87. The minimum Gasteiger partial charge on any atom is -0.377 e. The van der Waals surface area contributed by atoms with E-state index in [1.807, 2.05) is 12.1 Å². The highest BCUT2D eigenvalue weighted by molar-refractivity contribution is 7.87. The van der Waals surface area contributed by atoms with E-state index in [1.54, 1.807) is 31.3 Å². The first-order valence-electron chi connectivity index (χ1n) is 6.52. The summed E-state index contributed by atoms with van der Waals surface area (Å²) >= 11 is 5.92. The first-order valence-corrected chi connectivity index (χ1v) is 8.30. The molecule has 6 heteroatoms. The second-order valence-corrected chi connectivity index (χ2v) is 6.73. The summed E-state index contributed by atoms with van der Waals surface area (Å²) in [7, 11) is -3.94. The highest BCUT2D eigenvalue weighted by Crippen LogP contribution is 2.27. The second kappa shape index (κ2) is 5.59. The van der Waals surface area contributed by atoms with Crippen molar-refractivity contribution in [1.82, 2.24) is 4.98 Å². The fourth-order valence-electron chi connectivity index (χ4n) is 2.08. The van der Waals surface area contributed by atoms with Gasteiger partial charge in [-0.2, -0.15) is 8.42 Å². The Hall–Kier alpha value is -2.11. The molecule has 0 radical (unpaired) electrons. The van der Waals surface area contributed by atoms with Gasteiger partial charge in [0.15, 0.2) is 5.75 Å². The van der Waals surface area contributed by atoms with Gasteiger partial charge < -0.3 is 4.18 Å². The zero-order valence-corrected chi connectivity index (χ0v) is 13.2. The smallest absolute Gasteiger partial charge is 0.339 e. The van der Waals surface area contributed by atoms with Gasteiger partial charge in [-0.15, -0.1) is 0 Å². The van der Waals surface area contributed by atoms with Gasteiger partial charge >= 0.3 is 10.1 Å². The minimum absolute atomic E-state index is 0.0577. The summed E-state index contributed by atoms with van der Waals surface area (Å²) in [4.78, 5) is 4.24. The van der Waals surface area contributed by atoms with Crippen LogP contribution in [0.15, 0.2) is 59.6 Å². The Balaban J connectivity index is 2.05. The van der Waals surface area contributed by atoms with Gasteiger partial charge in [0.1, 0.15) is 10.4 Å². The molecule has 3 aromatic rings. The number of hydrogen-bond donors (Lipinski definition) is 0. The summed E-state index contributed by atoms with van der Waals surface area (Å²) in [5.41, 5.74) is 1.17. The second-order valence-electron chi connectivity index (χ2n) is 4.78. The lowest BCUT2D eigenvalue weighted by Gasteiger charge is -2.09. The van der Waals surface area contributed by atoms with Crippen LogP contribution in [-0.4, -0.2) is 13.4 Å². The summed E-state index contributed by atoms with van der Waals surface area (Å²) in [6.45, 7) is 1.74. The van der Waals surface area contributed by atoms with E-state index in [2.05, 4.69) is 4.98 Å². The van der Waals surface area contributed by atoms with Gasteiger partial charge in [-0.25, -0.2) is 0 Å². The van der Waals surface area contributed by atoms with E-state index in [1.165, 1.54) is 18.2 Å². The number of aryl methyl sites for hydroxylation is 1. The van der Waals surface area contributed by atoms with Gasteiger partial charge in [0, 0.05) is 16.6 Å². The highest BCUT2D eigenvalue weighted by atomic mass is 35.5. The van der Waals surface area contributed by atoms with Gasteiger partial charge in [0.25, 0.3) is 0 Å². The molecule has 0 bridgehead atoms. The molecule has 1 aromatic heterocycles. The molecule has 22 heavy (non-hydrogen) atoms. The molecule has 1 heterocycles. The van der Waals surface area contributed by atoms with Crippen molar-refractivity contribution in [2.75, 3.05) is 0 Å². The number of para-hydroxylation sites is 1. The lowest BCUT2D eigenvalue weighted by Crippen LogP contribution is -2.10. The lowest BCUT2D eigenvalue weighted by molar-refractivity contribution is 0.488. The quantitative estimate of drug-likeness (QED) is 0.681. The van der Waals surface area contributed by atoms with Gasteiger partial charge in [-0.3, -0.25) is 4.98 Å². The van der Waals surface area contributed by atoms with Gasteiger partial charge in [0.2, 0.25) is 0 Å². The van der Waals surface area contributed by atoms with E-state index in [0.29, 0.717) is 16.1 Å². The molecule has 4 nitrogen and oxygen atoms in total. The molecule has 0 saturated carbocycles. The number of halogens is 1. The van der Waals surface area contributed by atoms with Crippen LogP contribution in [-0.2, 0) is 10.1 Å². The van der Waals surface area contributed by atoms with E-state index < -0.39 is 10.1 Å². The SMILES string of the molecule is Cc1cc(S(=O)(=O)Oc2cccc3cccnc23)ccc1Cl. The Morgan fingerprint density at radius 3 is 2.64 bits per heavy atom. The van der Waals surface area contributed by atoms with Gasteiger partial charge in [-0.05, 0) is 42.8 Å². The average molecular weight is 334 g/mol. The number of benzene rings is 2. The first-order chi connectivity index (χ1) is 10.5. The molecule has 0 atom stereocenters. The van der Waals surface area contributed by atoms with Crippen LogP contribution >= 0.6 is 11.6 Å². The summed E-state index contributed by atoms with van der Waals surface area (Å²) in [5.74, 6) is 0.200. The number of nitrogens with zero attached hydrogens (tertiary/aromatic N) is 1. The van der Waals surface area contributed by atoms with E-state index in [-0.39, 0.29) is 10.6 Å². The fraction of sp³-hybridized carbons (Fsp3) is 0.0625. The van der Waals surface area contributed by atoms with Crippen LogP contribution in [0.2, 0.25) is 5.02 Å². The summed E-state index contributed by atoms with van der Waals surface area (Å²) < 4.78 is 30.1. The molecule has 2 aromatic carbocycles. The van der Waals surface area contributed by atoms with Crippen molar-refractivity contribution in [2.45, 2.75) is 11.8 Å². The Morgan fingerprint density at radius 2 is 1.86 bits per heavy atom. The van der Waals surface area contributed by atoms with E-state index in [4.69, 9.17) is 15.8 Å².